The number of anilines is 1. The molecule has 0 aliphatic rings. The van der Waals surface area contributed by atoms with Gasteiger partial charge in [-0.1, -0.05) is 32.0 Å². The van der Waals surface area contributed by atoms with Crippen LogP contribution in [0.3, 0.4) is 0 Å². The highest BCUT2D eigenvalue weighted by Gasteiger charge is 2.12. The number of hydrogen-bond acceptors (Lipinski definition) is 3. The molecule has 0 bridgehead atoms. The van der Waals surface area contributed by atoms with E-state index in [9.17, 15) is 9.59 Å². The topological polar surface area (TPSA) is 77.8 Å². The monoisotopic (exact) mass is 319 g/mol. The first-order valence-corrected chi connectivity index (χ1v) is 8.36. The molecule has 0 aliphatic heterocycles. The first kappa shape index (κ1) is 16.4. The van der Waals surface area contributed by atoms with Crippen molar-refractivity contribution in [3.8, 4) is 0 Å². The van der Waals surface area contributed by atoms with E-state index in [1.807, 2.05) is 25.1 Å². The van der Waals surface area contributed by atoms with E-state index in [2.05, 4.69) is 29.4 Å². The number of aryl methyl sites for hydroxylation is 1. The summed E-state index contributed by atoms with van der Waals surface area (Å²) in [6.45, 7) is 6.22. The van der Waals surface area contributed by atoms with Crippen molar-refractivity contribution in [2.24, 2.45) is 0 Å². The standard InChI is InChI=1S/C16H21N3O2S/c1-10(2)13-6-4-5-11(3)16(13)17-15(21)9-22-8-12-7-14(20)19-18-12/h4-7,10H,8-9H2,1-3H3,(H,17,21)(H2,18,19,20). The summed E-state index contributed by atoms with van der Waals surface area (Å²) in [5, 5.41) is 8.26. The predicted octanol–water partition coefficient (Wildman–Crippen LogP) is 3.01. The Hall–Kier alpha value is -1.95. The number of H-pyrrole nitrogens is 2. The Morgan fingerprint density at radius 2 is 2.09 bits per heavy atom. The smallest absolute Gasteiger partial charge is 0.264 e. The van der Waals surface area contributed by atoms with Crippen LogP contribution in [0.25, 0.3) is 0 Å². The highest BCUT2D eigenvalue weighted by atomic mass is 32.2. The van der Waals surface area contributed by atoms with Gasteiger partial charge < -0.3 is 10.4 Å². The Balaban J connectivity index is 1.93. The number of amides is 1. The van der Waals surface area contributed by atoms with Crippen molar-refractivity contribution in [3.05, 3.63) is 51.4 Å². The van der Waals surface area contributed by atoms with Crippen molar-refractivity contribution >= 4 is 23.4 Å². The summed E-state index contributed by atoms with van der Waals surface area (Å²) >= 11 is 1.46. The van der Waals surface area contributed by atoms with Crippen LogP contribution in [0.15, 0.2) is 29.1 Å². The SMILES string of the molecule is Cc1cccc(C(C)C)c1NC(=O)CSCc1cc(=O)[nH][nH]1. The zero-order valence-electron chi connectivity index (χ0n) is 13.0. The van der Waals surface area contributed by atoms with E-state index in [1.165, 1.54) is 17.8 Å². The van der Waals surface area contributed by atoms with Gasteiger partial charge in [0, 0.05) is 23.2 Å². The van der Waals surface area contributed by atoms with Gasteiger partial charge in [-0.05, 0) is 24.0 Å². The molecular weight excluding hydrogens is 298 g/mol. The third kappa shape index (κ3) is 4.27. The largest absolute Gasteiger partial charge is 0.325 e. The van der Waals surface area contributed by atoms with Gasteiger partial charge in [-0.2, -0.15) is 0 Å². The van der Waals surface area contributed by atoms with Crippen molar-refractivity contribution in [2.75, 3.05) is 11.1 Å². The van der Waals surface area contributed by atoms with E-state index < -0.39 is 0 Å². The van der Waals surface area contributed by atoms with E-state index in [-0.39, 0.29) is 11.5 Å². The Labute approximate surface area is 133 Å². The maximum atomic E-state index is 12.1. The number of para-hydroxylation sites is 1. The number of nitrogens with one attached hydrogen (secondary N) is 3. The van der Waals surface area contributed by atoms with Gasteiger partial charge in [0.15, 0.2) is 0 Å². The summed E-state index contributed by atoms with van der Waals surface area (Å²) in [7, 11) is 0. The summed E-state index contributed by atoms with van der Waals surface area (Å²) in [5.41, 5.74) is 3.77. The fourth-order valence-corrected chi connectivity index (χ4v) is 2.96. The maximum absolute atomic E-state index is 12.1. The van der Waals surface area contributed by atoms with Gasteiger partial charge in [-0.3, -0.25) is 14.7 Å². The quantitative estimate of drug-likeness (QED) is 0.766. The van der Waals surface area contributed by atoms with Crippen LogP contribution in [0.5, 0.6) is 0 Å². The van der Waals surface area contributed by atoms with Crippen LogP contribution in [0.1, 0.15) is 36.6 Å². The van der Waals surface area contributed by atoms with Crippen molar-refractivity contribution in [1.82, 2.24) is 10.2 Å². The molecule has 0 saturated carbocycles. The molecule has 22 heavy (non-hydrogen) atoms. The average molecular weight is 319 g/mol. The van der Waals surface area contributed by atoms with E-state index in [1.54, 1.807) is 0 Å². The molecule has 1 amide bonds. The molecule has 0 radical (unpaired) electrons. The molecule has 6 heteroatoms. The molecule has 1 heterocycles. The summed E-state index contributed by atoms with van der Waals surface area (Å²) in [5.74, 6) is 1.27. The van der Waals surface area contributed by atoms with E-state index in [4.69, 9.17) is 0 Å². The van der Waals surface area contributed by atoms with Crippen molar-refractivity contribution in [1.29, 1.82) is 0 Å². The van der Waals surface area contributed by atoms with Crippen molar-refractivity contribution < 1.29 is 4.79 Å². The molecule has 0 saturated heterocycles. The fraction of sp³-hybridized carbons (Fsp3) is 0.375. The molecule has 0 fully saturated rings. The molecule has 1 aromatic carbocycles. The number of thioether (sulfide) groups is 1. The molecule has 118 valence electrons. The van der Waals surface area contributed by atoms with E-state index in [0.717, 1.165) is 22.5 Å². The molecule has 2 aromatic rings. The molecule has 0 atom stereocenters. The predicted molar refractivity (Wildman–Crippen MR) is 91.5 cm³/mol. The Bertz CT molecular complexity index is 703. The minimum Gasteiger partial charge on any atom is -0.325 e. The number of hydrogen-bond donors (Lipinski definition) is 3. The minimum atomic E-state index is -0.151. The van der Waals surface area contributed by atoms with E-state index >= 15 is 0 Å². The third-order valence-corrected chi connectivity index (χ3v) is 4.32. The molecular formula is C16H21N3O2S. The summed E-state index contributed by atoms with van der Waals surface area (Å²) in [4.78, 5) is 23.1. The second-order valence-electron chi connectivity index (χ2n) is 5.52. The van der Waals surface area contributed by atoms with E-state index in [0.29, 0.717) is 17.4 Å². The lowest BCUT2D eigenvalue weighted by Gasteiger charge is -2.16. The van der Waals surface area contributed by atoms with Gasteiger partial charge in [0.2, 0.25) is 5.91 Å². The molecule has 1 aromatic heterocycles. The highest BCUT2D eigenvalue weighted by Crippen LogP contribution is 2.27. The molecule has 0 spiro atoms. The number of benzene rings is 1. The van der Waals surface area contributed by atoms with Crippen molar-refractivity contribution in [2.45, 2.75) is 32.4 Å². The number of carbonyl (C=O) groups is 1. The Kier molecular flexibility index (Phi) is 5.49. The molecule has 2 rings (SSSR count). The number of carbonyl (C=O) groups excluding carboxylic acids is 1. The maximum Gasteiger partial charge on any atom is 0.264 e. The zero-order chi connectivity index (χ0) is 16.1. The van der Waals surface area contributed by atoms with Crippen LogP contribution in [-0.2, 0) is 10.5 Å². The van der Waals surface area contributed by atoms with Gasteiger partial charge >= 0.3 is 0 Å². The highest BCUT2D eigenvalue weighted by molar-refractivity contribution is 7.99. The van der Waals surface area contributed by atoms with Gasteiger partial charge in [-0.25, -0.2) is 0 Å². The van der Waals surface area contributed by atoms with Crippen LogP contribution < -0.4 is 10.9 Å². The first-order valence-electron chi connectivity index (χ1n) is 7.21. The lowest BCUT2D eigenvalue weighted by atomic mass is 9.98. The zero-order valence-corrected chi connectivity index (χ0v) is 13.8. The van der Waals surface area contributed by atoms with Crippen LogP contribution in [0.2, 0.25) is 0 Å². The second-order valence-corrected chi connectivity index (χ2v) is 6.50. The lowest BCUT2D eigenvalue weighted by molar-refractivity contribution is -0.113. The number of rotatable bonds is 6. The summed E-state index contributed by atoms with van der Waals surface area (Å²) in [6, 6.07) is 7.56. The van der Waals surface area contributed by atoms with Gasteiger partial charge in [-0.15, -0.1) is 11.8 Å². The second kappa shape index (κ2) is 7.35. The Morgan fingerprint density at radius 1 is 1.32 bits per heavy atom. The number of aromatic amines is 2. The van der Waals surface area contributed by atoms with Gasteiger partial charge in [0.25, 0.3) is 5.56 Å². The molecule has 5 nitrogen and oxygen atoms in total. The van der Waals surface area contributed by atoms with Gasteiger partial charge in [0.1, 0.15) is 0 Å². The number of aromatic nitrogens is 2. The molecule has 0 unspecified atom stereocenters. The average Bonchev–Trinajstić information content (AvgIpc) is 2.86. The molecule has 3 N–H and O–H groups in total. The fourth-order valence-electron chi connectivity index (χ4n) is 2.22. The lowest BCUT2D eigenvalue weighted by Crippen LogP contribution is -2.16. The van der Waals surface area contributed by atoms with Gasteiger partial charge in [0.05, 0.1) is 5.75 Å². The van der Waals surface area contributed by atoms with Crippen LogP contribution in [0.4, 0.5) is 5.69 Å². The Morgan fingerprint density at radius 3 is 2.73 bits per heavy atom. The molecule has 0 aliphatic carbocycles. The van der Waals surface area contributed by atoms with Crippen LogP contribution in [0, 0.1) is 6.92 Å². The van der Waals surface area contributed by atoms with Crippen molar-refractivity contribution in [3.63, 3.8) is 0 Å². The summed E-state index contributed by atoms with van der Waals surface area (Å²) < 4.78 is 0. The first-order chi connectivity index (χ1) is 10.5. The summed E-state index contributed by atoms with van der Waals surface area (Å²) in [6.07, 6.45) is 0. The third-order valence-electron chi connectivity index (χ3n) is 3.33. The normalized spacial score (nSPS) is 10.9. The van der Waals surface area contributed by atoms with Crippen LogP contribution in [-0.4, -0.2) is 21.9 Å². The minimum absolute atomic E-state index is 0.0286. The van der Waals surface area contributed by atoms with Crippen LogP contribution >= 0.6 is 11.8 Å².